The van der Waals surface area contributed by atoms with Crippen LogP contribution in [0, 0.1) is 0 Å². The average molecular weight is 357 g/mol. The van der Waals surface area contributed by atoms with Gasteiger partial charge in [0.25, 0.3) is 5.91 Å². The molecule has 6 heteroatoms. The van der Waals surface area contributed by atoms with Crippen molar-refractivity contribution in [1.82, 2.24) is 15.1 Å². The second-order valence-electron chi connectivity index (χ2n) is 7.93. The summed E-state index contributed by atoms with van der Waals surface area (Å²) >= 11 is 0. The van der Waals surface area contributed by atoms with Gasteiger partial charge in [0.15, 0.2) is 0 Å². The van der Waals surface area contributed by atoms with Crippen LogP contribution < -0.4 is 5.32 Å². The van der Waals surface area contributed by atoms with E-state index in [0.717, 1.165) is 58.0 Å². The van der Waals surface area contributed by atoms with Gasteiger partial charge in [0.1, 0.15) is 11.3 Å². The number of piperidine rings is 1. The number of phenols is 1. The van der Waals surface area contributed by atoms with Gasteiger partial charge in [0.2, 0.25) is 0 Å². The highest BCUT2D eigenvalue weighted by molar-refractivity contribution is 6.07. The van der Waals surface area contributed by atoms with Crippen LogP contribution in [0.15, 0.2) is 24.3 Å². The van der Waals surface area contributed by atoms with Gasteiger partial charge in [0.05, 0.1) is 6.67 Å². The number of amides is 3. The number of carbonyl (C=O) groups is 2. The molecule has 6 nitrogen and oxygen atoms in total. The second-order valence-corrected chi connectivity index (χ2v) is 7.93. The van der Waals surface area contributed by atoms with E-state index in [1.165, 1.54) is 10.5 Å². The van der Waals surface area contributed by atoms with Crippen molar-refractivity contribution in [3.63, 3.8) is 0 Å². The molecule has 1 aliphatic carbocycles. The van der Waals surface area contributed by atoms with Crippen LogP contribution in [0.5, 0.6) is 5.75 Å². The van der Waals surface area contributed by atoms with Crippen molar-refractivity contribution in [1.29, 1.82) is 0 Å². The van der Waals surface area contributed by atoms with E-state index in [9.17, 15) is 14.7 Å². The Morgan fingerprint density at radius 1 is 1.04 bits per heavy atom. The first kappa shape index (κ1) is 17.3. The second kappa shape index (κ2) is 6.91. The van der Waals surface area contributed by atoms with Crippen LogP contribution >= 0.6 is 0 Å². The molecule has 3 aliphatic rings. The number of likely N-dealkylation sites (tertiary alicyclic amines) is 1. The van der Waals surface area contributed by atoms with E-state index >= 15 is 0 Å². The Balaban J connectivity index is 1.35. The fraction of sp³-hybridized carbons (Fsp3) is 0.600. The molecule has 140 valence electrons. The molecule has 2 N–H and O–H groups in total. The number of urea groups is 1. The van der Waals surface area contributed by atoms with E-state index in [1.807, 2.05) is 12.1 Å². The summed E-state index contributed by atoms with van der Waals surface area (Å²) in [5.41, 5.74) is 0.623. The summed E-state index contributed by atoms with van der Waals surface area (Å²) < 4.78 is 0. The molecule has 0 unspecified atom stereocenters. The summed E-state index contributed by atoms with van der Waals surface area (Å²) in [7, 11) is 0. The molecule has 0 radical (unpaired) electrons. The van der Waals surface area contributed by atoms with Crippen LogP contribution in [0.25, 0.3) is 0 Å². The van der Waals surface area contributed by atoms with Gasteiger partial charge in [-0.1, -0.05) is 31.4 Å². The summed E-state index contributed by atoms with van der Waals surface area (Å²) in [6.45, 7) is 2.14. The average Bonchev–Trinajstić information content (AvgIpc) is 2.88. The summed E-state index contributed by atoms with van der Waals surface area (Å²) in [5.74, 6) is 0.740. The molecule has 0 aromatic heterocycles. The summed E-state index contributed by atoms with van der Waals surface area (Å²) in [4.78, 5) is 28.9. The standard InChI is InChI=1S/C20H27N3O3/c24-17-6-4-15(5-7-17)16-8-12-22(13-9-16)14-23-18(25)20(21-19(23)26)10-2-1-3-11-20/h4-7,16,24H,1-3,8-14H2,(H,21,26). The van der Waals surface area contributed by atoms with Crippen molar-refractivity contribution in [2.24, 2.45) is 0 Å². The lowest BCUT2D eigenvalue weighted by Gasteiger charge is -2.34. The van der Waals surface area contributed by atoms with E-state index in [0.29, 0.717) is 18.3 Å². The van der Waals surface area contributed by atoms with Crippen molar-refractivity contribution in [2.45, 2.75) is 56.4 Å². The number of hydrogen-bond donors (Lipinski definition) is 2. The Bertz CT molecular complexity index is 674. The SMILES string of the molecule is O=C1NC2(CCCCC2)C(=O)N1CN1CCC(c2ccc(O)cc2)CC1. The molecule has 2 heterocycles. The number of phenolic OH excluding ortho intramolecular Hbond substituents is 1. The number of benzene rings is 1. The number of hydrogen-bond acceptors (Lipinski definition) is 4. The highest BCUT2D eigenvalue weighted by Gasteiger charge is 2.51. The quantitative estimate of drug-likeness (QED) is 0.816. The zero-order valence-electron chi connectivity index (χ0n) is 15.1. The summed E-state index contributed by atoms with van der Waals surface area (Å²) in [5, 5.41) is 12.4. The number of nitrogens with one attached hydrogen (secondary N) is 1. The van der Waals surface area contributed by atoms with Crippen LogP contribution in [0.1, 0.15) is 56.4 Å². The molecule has 1 spiro atoms. The lowest BCUT2D eigenvalue weighted by atomic mass is 9.82. The van der Waals surface area contributed by atoms with E-state index in [4.69, 9.17) is 0 Å². The third-order valence-electron chi connectivity index (χ3n) is 6.25. The van der Waals surface area contributed by atoms with Gasteiger partial charge in [-0.3, -0.25) is 9.69 Å². The van der Waals surface area contributed by atoms with E-state index in [1.54, 1.807) is 12.1 Å². The van der Waals surface area contributed by atoms with Crippen LogP contribution in [0.4, 0.5) is 4.79 Å². The van der Waals surface area contributed by atoms with Gasteiger partial charge in [-0.25, -0.2) is 9.69 Å². The molecule has 2 aliphatic heterocycles. The molecule has 3 fully saturated rings. The van der Waals surface area contributed by atoms with E-state index in [2.05, 4.69) is 10.2 Å². The van der Waals surface area contributed by atoms with Gasteiger partial charge < -0.3 is 10.4 Å². The maximum Gasteiger partial charge on any atom is 0.326 e. The summed E-state index contributed by atoms with van der Waals surface area (Å²) in [6.07, 6.45) is 6.72. The van der Waals surface area contributed by atoms with Crippen LogP contribution in [0.2, 0.25) is 0 Å². The van der Waals surface area contributed by atoms with Crippen molar-refractivity contribution >= 4 is 11.9 Å². The van der Waals surface area contributed by atoms with Gasteiger partial charge in [-0.05, 0) is 49.3 Å². The molecule has 1 aromatic carbocycles. The monoisotopic (exact) mass is 357 g/mol. The first-order valence-corrected chi connectivity index (χ1v) is 9.73. The lowest BCUT2D eigenvalue weighted by Crippen LogP contribution is -2.49. The van der Waals surface area contributed by atoms with Crippen LogP contribution in [-0.4, -0.2) is 52.1 Å². The minimum absolute atomic E-state index is 0.0251. The van der Waals surface area contributed by atoms with Crippen molar-refractivity contribution in [3.8, 4) is 5.75 Å². The molecule has 2 saturated heterocycles. The van der Waals surface area contributed by atoms with Gasteiger partial charge >= 0.3 is 6.03 Å². The maximum atomic E-state index is 12.9. The van der Waals surface area contributed by atoms with Gasteiger partial charge in [0, 0.05) is 13.1 Å². The van der Waals surface area contributed by atoms with Gasteiger partial charge in [-0.15, -0.1) is 0 Å². The van der Waals surface area contributed by atoms with Crippen molar-refractivity contribution < 1.29 is 14.7 Å². The first-order valence-electron chi connectivity index (χ1n) is 9.73. The smallest absolute Gasteiger partial charge is 0.326 e. The molecular formula is C20H27N3O3. The first-order chi connectivity index (χ1) is 12.6. The number of nitrogens with zero attached hydrogens (tertiary/aromatic N) is 2. The zero-order chi connectivity index (χ0) is 18.1. The summed E-state index contributed by atoms with van der Waals surface area (Å²) in [6, 6.07) is 7.22. The fourth-order valence-electron chi connectivity index (χ4n) is 4.65. The fourth-order valence-corrected chi connectivity index (χ4v) is 4.65. The van der Waals surface area contributed by atoms with Crippen LogP contribution in [0.3, 0.4) is 0 Å². The number of imide groups is 1. The maximum absolute atomic E-state index is 12.9. The Labute approximate surface area is 154 Å². The predicted molar refractivity (Wildman–Crippen MR) is 97.7 cm³/mol. The van der Waals surface area contributed by atoms with Crippen LogP contribution in [-0.2, 0) is 4.79 Å². The van der Waals surface area contributed by atoms with Crippen molar-refractivity contribution in [3.05, 3.63) is 29.8 Å². The highest BCUT2D eigenvalue weighted by atomic mass is 16.3. The lowest BCUT2D eigenvalue weighted by molar-refractivity contribution is -0.134. The molecular weight excluding hydrogens is 330 g/mol. The Hall–Kier alpha value is -2.08. The number of aromatic hydroxyl groups is 1. The molecule has 1 saturated carbocycles. The minimum atomic E-state index is -0.625. The third-order valence-corrected chi connectivity index (χ3v) is 6.25. The molecule has 3 amide bonds. The Morgan fingerprint density at radius 2 is 1.69 bits per heavy atom. The topological polar surface area (TPSA) is 72.9 Å². The van der Waals surface area contributed by atoms with E-state index < -0.39 is 5.54 Å². The predicted octanol–water partition coefficient (Wildman–Crippen LogP) is 2.78. The molecule has 0 bridgehead atoms. The van der Waals surface area contributed by atoms with Gasteiger partial charge in [-0.2, -0.15) is 0 Å². The minimum Gasteiger partial charge on any atom is -0.508 e. The van der Waals surface area contributed by atoms with Crippen molar-refractivity contribution in [2.75, 3.05) is 19.8 Å². The highest BCUT2D eigenvalue weighted by Crippen LogP contribution is 2.34. The van der Waals surface area contributed by atoms with E-state index in [-0.39, 0.29) is 11.9 Å². The molecule has 26 heavy (non-hydrogen) atoms. The normalized spacial score (nSPS) is 24.2. The zero-order valence-corrected chi connectivity index (χ0v) is 15.1. The molecule has 1 aromatic rings. The Kier molecular flexibility index (Phi) is 4.61. The third kappa shape index (κ3) is 3.18. The Morgan fingerprint density at radius 3 is 2.35 bits per heavy atom. The largest absolute Gasteiger partial charge is 0.508 e. The number of rotatable bonds is 3. The molecule has 4 rings (SSSR count). The number of carbonyl (C=O) groups excluding carboxylic acids is 2. The molecule has 0 atom stereocenters.